The zero-order chi connectivity index (χ0) is 17.8. The maximum atomic E-state index is 4.82. The minimum absolute atomic E-state index is 0.939. The zero-order valence-electron chi connectivity index (χ0n) is 15.6. The van der Waals surface area contributed by atoms with Crippen LogP contribution in [0.5, 0.6) is 0 Å². The summed E-state index contributed by atoms with van der Waals surface area (Å²) in [6, 6.07) is 21.8. The topological polar surface area (TPSA) is 19.4 Å². The van der Waals surface area contributed by atoms with Crippen LogP contribution < -0.4 is 4.90 Å². The molecule has 0 N–H and O–H groups in total. The summed E-state index contributed by atoms with van der Waals surface area (Å²) < 4.78 is 0. The standard InChI is InChI=1S/C23H27N3/c1-2-6-19-7-5-9-22(17-19)26-15-13-25(14-16-26)18-21-12-11-20-8-3-4-10-23(20)24-21/h3-5,7-12,17H,2,6,13-16,18H2,1H3. The summed E-state index contributed by atoms with van der Waals surface area (Å²) in [4.78, 5) is 9.86. The lowest BCUT2D eigenvalue weighted by atomic mass is 10.1. The molecular weight excluding hydrogens is 318 g/mol. The third-order valence-electron chi connectivity index (χ3n) is 5.23. The molecule has 0 saturated carbocycles. The predicted molar refractivity (Wildman–Crippen MR) is 110 cm³/mol. The first-order valence-electron chi connectivity index (χ1n) is 9.73. The molecule has 1 aliphatic rings. The maximum absolute atomic E-state index is 4.82. The SMILES string of the molecule is CCCc1cccc(N2CCN(Cc3ccc4ccccc4n3)CC2)c1. The lowest BCUT2D eigenvalue weighted by Gasteiger charge is -2.36. The molecule has 0 amide bonds. The van der Waals surface area contributed by atoms with Crippen molar-refractivity contribution in [1.82, 2.24) is 9.88 Å². The van der Waals surface area contributed by atoms with Crippen LogP contribution in [-0.2, 0) is 13.0 Å². The summed E-state index contributed by atoms with van der Waals surface area (Å²) in [5, 5.41) is 1.22. The first kappa shape index (κ1) is 17.0. The lowest BCUT2D eigenvalue weighted by Crippen LogP contribution is -2.46. The maximum Gasteiger partial charge on any atom is 0.0705 e. The van der Waals surface area contributed by atoms with Crippen LogP contribution >= 0.6 is 0 Å². The monoisotopic (exact) mass is 345 g/mol. The van der Waals surface area contributed by atoms with E-state index in [4.69, 9.17) is 4.98 Å². The third kappa shape index (κ3) is 3.88. The van der Waals surface area contributed by atoms with Gasteiger partial charge in [-0.25, -0.2) is 0 Å². The number of aromatic nitrogens is 1. The Balaban J connectivity index is 1.37. The Bertz CT molecular complexity index is 866. The molecule has 3 heteroatoms. The summed E-state index contributed by atoms with van der Waals surface area (Å²) in [6.07, 6.45) is 2.37. The number of nitrogens with zero attached hydrogens (tertiary/aromatic N) is 3. The number of anilines is 1. The molecule has 1 aliphatic heterocycles. The van der Waals surface area contributed by atoms with Gasteiger partial charge in [0.05, 0.1) is 11.2 Å². The Morgan fingerprint density at radius 1 is 0.885 bits per heavy atom. The zero-order valence-corrected chi connectivity index (χ0v) is 15.6. The second-order valence-corrected chi connectivity index (χ2v) is 7.18. The number of pyridine rings is 1. The Morgan fingerprint density at radius 2 is 1.73 bits per heavy atom. The largest absolute Gasteiger partial charge is 0.369 e. The van der Waals surface area contributed by atoms with Gasteiger partial charge in [-0.3, -0.25) is 9.88 Å². The van der Waals surface area contributed by atoms with Gasteiger partial charge in [-0.1, -0.05) is 49.7 Å². The number of hydrogen-bond donors (Lipinski definition) is 0. The molecule has 1 saturated heterocycles. The molecule has 3 aromatic rings. The highest BCUT2D eigenvalue weighted by atomic mass is 15.3. The van der Waals surface area contributed by atoms with Crippen molar-refractivity contribution in [2.24, 2.45) is 0 Å². The molecule has 26 heavy (non-hydrogen) atoms. The lowest BCUT2D eigenvalue weighted by molar-refractivity contribution is 0.247. The van der Waals surface area contributed by atoms with E-state index >= 15 is 0 Å². The van der Waals surface area contributed by atoms with Gasteiger partial charge in [0.15, 0.2) is 0 Å². The van der Waals surface area contributed by atoms with Crippen LogP contribution in [0.4, 0.5) is 5.69 Å². The van der Waals surface area contributed by atoms with Crippen LogP contribution in [0.3, 0.4) is 0 Å². The minimum Gasteiger partial charge on any atom is -0.369 e. The fourth-order valence-electron chi connectivity index (χ4n) is 3.79. The van der Waals surface area contributed by atoms with Crippen molar-refractivity contribution in [2.75, 3.05) is 31.1 Å². The molecule has 0 spiro atoms. The van der Waals surface area contributed by atoms with Crippen molar-refractivity contribution in [3.8, 4) is 0 Å². The van der Waals surface area contributed by atoms with E-state index in [0.29, 0.717) is 0 Å². The van der Waals surface area contributed by atoms with Gasteiger partial charge in [0.1, 0.15) is 0 Å². The highest BCUT2D eigenvalue weighted by Gasteiger charge is 2.18. The molecule has 3 nitrogen and oxygen atoms in total. The molecule has 134 valence electrons. The van der Waals surface area contributed by atoms with Gasteiger partial charge >= 0.3 is 0 Å². The highest BCUT2D eigenvalue weighted by Crippen LogP contribution is 2.20. The molecule has 0 aliphatic carbocycles. The molecular formula is C23H27N3. The van der Waals surface area contributed by atoms with E-state index < -0.39 is 0 Å². The summed E-state index contributed by atoms with van der Waals surface area (Å²) >= 11 is 0. The van der Waals surface area contributed by atoms with Crippen molar-refractivity contribution in [3.63, 3.8) is 0 Å². The second-order valence-electron chi connectivity index (χ2n) is 7.18. The summed E-state index contributed by atoms with van der Waals surface area (Å²) in [5.74, 6) is 0. The fourth-order valence-corrected chi connectivity index (χ4v) is 3.79. The van der Waals surface area contributed by atoms with E-state index in [1.807, 2.05) is 0 Å². The molecule has 0 unspecified atom stereocenters. The number of rotatable bonds is 5. The quantitative estimate of drug-likeness (QED) is 0.678. The van der Waals surface area contributed by atoms with Crippen LogP contribution in [0.15, 0.2) is 60.7 Å². The molecule has 2 heterocycles. The van der Waals surface area contributed by atoms with Gasteiger partial charge in [0.2, 0.25) is 0 Å². The molecule has 0 atom stereocenters. The molecule has 1 fully saturated rings. The van der Waals surface area contributed by atoms with E-state index in [0.717, 1.165) is 38.2 Å². The smallest absolute Gasteiger partial charge is 0.0705 e. The molecule has 2 aromatic carbocycles. The van der Waals surface area contributed by atoms with Crippen LogP contribution in [0.2, 0.25) is 0 Å². The minimum atomic E-state index is 0.939. The summed E-state index contributed by atoms with van der Waals surface area (Å²) in [6.45, 7) is 7.53. The van der Waals surface area contributed by atoms with E-state index in [1.54, 1.807) is 0 Å². The summed E-state index contributed by atoms with van der Waals surface area (Å²) in [5.41, 5.74) is 5.09. The van der Waals surface area contributed by atoms with E-state index in [-0.39, 0.29) is 0 Å². The molecule has 4 rings (SSSR count). The van der Waals surface area contributed by atoms with Gasteiger partial charge in [-0.05, 0) is 36.2 Å². The number of fused-ring (bicyclic) bond motifs is 1. The Labute approximate surface area is 156 Å². The highest BCUT2D eigenvalue weighted by molar-refractivity contribution is 5.78. The second kappa shape index (κ2) is 7.88. The predicted octanol–water partition coefficient (Wildman–Crippen LogP) is 4.51. The number of aryl methyl sites for hydroxylation is 1. The van der Waals surface area contributed by atoms with Crippen LogP contribution in [0.1, 0.15) is 24.6 Å². The molecule has 0 bridgehead atoms. The normalized spacial score (nSPS) is 15.5. The fraction of sp³-hybridized carbons (Fsp3) is 0.348. The van der Waals surface area contributed by atoms with Crippen molar-refractivity contribution in [1.29, 1.82) is 0 Å². The first-order valence-corrected chi connectivity index (χ1v) is 9.73. The molecule has 0 radical (unpaired) electrons. The summed E-state index contributed by atoms with van der Waals surface area (Å²) in [7, 11) is 0. The van der Waals surface area contributed by atoms with E-state index in [1.165, 1.54) is 35.2 Å². The van der Waals surface area contributed by atoms with E-state index in [2.05, 4.69) is 77.4 Å². The van der Waals surface area contributed by atoms with Crippen molar-refractivity contribution in [3.05, 3.63) is 71.9 Å². The van der Waals surface area contributed by atoms with Crippen LogP contribution in [0, 0.1) is 0 Å². The van der Waals surface area contributed by atoms with Crippen LogP contribution in [-0.4, -0.2) is 36.1 Å². The Hall–Kier alpha value is -2.39. The number of hydrogen-bond acceptors (Lipinski definition) is 3. The number of para-hydroxylation sites is 1. The number of benzene rings is 2. The van der Waals surface area contributed by atoms with Crippen molar-refractivity contribution >= 4 is 16.6 Å². The van der Waals surface area contributed by atoms with E-state index in [9.17, 15) is 0 Å². The van der Waals surface area contributed by atoms with Gasteiger partial charge in [-0.2, -0.15) is 0 Å². The van der Waals surface area contributed by atoms with Crippen molar-refractivity contribution in [2.45, 2.75) is 26.3 Å². The third-order valence-corrected chi connectivity index (χ3v) is 5.23. The average molecular weight is 345 g/mol. The van der Waals surface area contributed by atoms with Gasteiger partial charge in [0, 0.05) is 43.8 Å². The Kier molecular flexibility index (Phi) is 5.16. The molecule has 1 aromatic heterocycles. The van der Waals surface area contributed by atoms with Gasteiger partial charge in [0.25, 0.3) is 0 Å². The Morgan fingerprint density at radius 3 is 2.58 bits per heavy atom. The van der Waals surface area contributed by atoms with Gasteiger partial charge < -0.3 is 4.90 Å². The van der Waals surface area contributed by atoms with Gasteiger partial charge in [-0.15, -0.1) is 0 Å². The first-order chi connectivity index (χ1) is 12.8. The van der Waals surface area contributed by atoms with Crippen molar-refractivity contribution < 1.29 is 0 Å². The average Bonchev–Trinajstić information content (AvgIpc) is 2.69. The number of piperazine rings is 1. The van der Waals surface area contributed by atoms with Crippen LogP contribution in [0.25, 0.3) is 10.9 Å².